The third-order valence-corrected chi connectivity index (χ3v) is 5.71. The van der Waals surface area contributed by atoms with Gasteiger partial charge in [0, 0.05) is 0 Å². The van der Waals surface area contributed by atoms with E-state index >= 15 is 0 Å². The number of hydrogen-bond acceptors (Lipinski definition) is 3. The molecule has 6 heteroatoms. The standard InChI is InChI=1S/C21H46NO3S.ClH/c1-5-6-7-8-9-10-11-12-13-14-15-16-17-18-19-22(2,3)20-21-25-26(4,23)24;/h5-21H2,1-4H3;1H/q+1;/p-1. The van der Waals surface area contributed by atoms with Crippen molar-refractivity contribution in [2.45, 2.75) is 96.8 Å². The summed E-state index contributed by atoms with van der Waals surface area (Å²) in [6, 6.07) is 0. The predicted octanol–water partition coefficient (Wildman–Crippen LogP) is 2.52. The van der Waals surface area contributed by atoms with E-state index in [0.29, 0.717) is 0 Å². The average molecular weight is 428 g/mol. The maximum atomic E-state index is 11.0. The van der Waals surface area contributed by atoms with Gasteiger partial charge in [-0.15, -0.1) is 0 Å². The number of unbranched alkanes of at least 4 members (excludes halogenated alkanes) is 13. The number of hydrogen-bond donors (Lipinski definition) is 0. The van der Waals surface area contributed by atoms with Crippen LogP contribution < -0.4 is 12.4 Å². The fourth-order valence-electron chi connectivity index (χ4n) is 3.28. The van der Waals surface area contributed by atoms with Gasteiger partial charge in [0.1, 0.15) is 13.2 Å². The number of likely N-dealkylation sites (N-methyl/N-ethyl adjacent to an activating group) is 1. The van der Waals surface area contributed by atoms with Crippen LogP contribution in [-0.4, -0.2) is 52.9 Å². The van der Waals surface area contributed by atoms with E-state index in [1.807, 2.05) is 0 Å². The molecule has 0 aliphatic rings. The van der Waals surface area contributed by atoms with Crippen LogP contribution in [0.15, 0.2) is 0 Å². The summed E-state index contributed by atoms with van der Waals surface area (Å²) < 4.78 is 27.6. The van der Waals surface area contributed by atoms with Crippen LogP contribution in [0.2, 0.25) is 0 Å². The highest BCUT2D eigenvalue weighted by Crippen LogP contribution is 2.13. The molecule has 166 valence electrons. The quantitative estimate of drug-likeness (QED) is 0.181. The minimum atomic E-state index is -3.31. The van der Waals surface area contributed by atoms with E-state index in [-0.39, 0.29) is 19.0 Å². The zero-order valence-electron chi connectivity index (χ0n) is 18.5. The van der Waals surface area contributed by atoms with E-state index in [9.17, 15) is 8.42 Å². The van der Waals surface area contributed by atoms with Gasteiger partial charge in [0.25, 0.3) is 10.1 Å². The van der Waals surface area contributed by atoms with Gasteiger partial charge in [-0.2, -0.15) is 8.42 Å². The molecule has 0 radical (unpaired) electrons. The van der Waals surface area contributed by atoms with E-state index in [1.54, 1.807) is 0 Å². The molecular weight excluding hydrogens is 382 g/mol. The van der Waals surface area contributed by atoms with E-state index in [2.05, 4.69) is 21.0 Å². The fourth-order valence-corrected chi connectivity index (χ4v) is 3.66. The van der Waals surface area contributed by atoms with E-state index in [0.717, 1.165) is 23.8 Å². The second kappa shape index (κ2) is 18.2. The highest BCUT2D eigenvalue weighted by atomic mass is 35.5. The van der Waals surface area contributed by atoms with Gasteiger partial charge in [-0.3, -0.25) is 4.18 Å². The van der Waals surface area contributed by atoms with Crippen molar-refractivity contribution >= 4 is 10.1 Å². The number of rotatable bonds is 19. The van der Waals surface area contributed by atoms with Crippen LogP contribution in [0.4, 0.5) is 0 Å². The van der Waals surface area contributed by atoms with Crippen LogP contribution in [0.3, 0.4) is 0 Å². The molecule has 0 atom stereocenters. The van der Waals surface area contributed by atoms with Gasteiger partial charge in [-0.1, -0.05) is 84.0 Å². The maximum Gasteiger partial charge on any atom is 0.264 e. The van der Waals surface area contributed by atoms with Gasteiger partial charge in [-0.25, -0.2) is 0 Å². The molecule has 0 fully saturated rings. The summed E-state index contributed by atoms with van der Waals surface area (Å²) in [4.78, 5) is 0. The molecule has 0 aliphatic heterocycles. The minimum Gasteiger partial charge on any atom is -1.00 e. The van der Waals surface area contributed by atoms with Gasteiger partial charge in [0.05, 0.1) is 26.9 Å². The lowest BCUT2D eigenvalue weighted by molar-refractivity contribution is -0.890. The fraction of sp³-hybridized carbons (Fsp3) is 1.00. The molecule has 0 aliphatic carbocycles. The molecule has 0 aromatic carbocycles. The molecule has 0 unspecified atom stereocenters. The smallest absolute Gasteiger partial charge is 0.264 e. The van der Waals surface area contributed by atoms with E-state index in [4.69, 9.17) is 4.18 Å². The van der Waals surface area contributed by atoms with Crippen molar-refractivity contribution in [1.29, 1.82) is 0 Å². The van der Waals surface area contributed by atoms with Gasteiger partial charge in [-0.05, 0) is 12.8 Å². The van der Waals surface area contributed by atoms with Crippen LogP contribution in [0.1, 0.15) is 96.8 Å². The molecular formula is C21H46ClNO3S. The van der Waals surface area contributed by atoms with Crippen molar-refractivity contribution in [2.75, 3.05) is 40.0 Å². The summed E-state index contributed by atoms with van der Waals surface area (Å²) in [6.45, 7) is 4.39. The van der Waals surface area contributed by atoms with Crippen LogP contribution in [0, 0.1) is 0 Å². The Bertz CT molecular complexity index is 414. The Hall–Kier alpha value is 0.160. The summed E-state index contributed by atoms with van der Waals surface area (Å²) in [5.74, 6) is 0. The summed E-state index contributed by atoms with van der Waals surface area (Å²) >= 11 is 0. The molecule has 0 spiro atoms. The van der Waals surface area contributed by atoms with Gasteiger partial charge in [0.2, 0.25) is 0 Å². The number of nitrogens with zero attached hydrogens (tertiary/aromatic N) is 1. The van der Waals surface area contributed by atoms with Crippen molar-refractivity contribution in [1.82, 2.24) is 0 Å². The zero-order valence-corrected chi connectivity index (χ0v) is 20.1. The van der Waals surface area contributed by atoms with E-state index in [1.165, 1.54) is 89.9 Å². The summed E-state index contributed by atoms with van der Waals surface area (Å²) in [7, 11) is 0.987. The first-order chi connectivity index (χ1) is 12.3. The topological polar surface area (TPSA) is 43.4 Å². The van der Waals surface area contributed by atoms with Crippen LogP contribution >= 0.6 is 0 Å². The summed E-state index contributed by atoms with van der Waals surface area (Å²) in [5, 5.41) is 0. The summed E-state index contributed by atoms with van der Waals surface area (Å²) in [5.41, 5.74) is 0. The van der Waals surface area contributed by atoms with Crippen molar-refractivity contribution < 1.29 is 29.5 Å². The Kier molecular flexibility index (Phi) is 19.8. The van der Waals surface area contributed by atoms with Crippen molar-refractivity contribution in [3.05, 3.63) is 0 Å². The first kappa shape index (κ1) is 29.4. The Morgan fingerprint density at radius 2 is 1.04 bits per heavy atom. The Labute approximate surface area is 176 Å². The molecule has 0 saturated heterocycles. The van der Waals surface area contributed by atoms with Gasteiger partial charge < -0.3 is 16.9 Å². The third-order valence-electron chi connectivity index (χ3n) is 5.11. The molecule has 0 heterocycles. The van der Waals surface area contributed by atoms with Gasteiger partial charge >= 0.3 is 0 Å². The van der Waals surface area contributed by atoms with E-state index < -0.39 is 10.1 Å². The minimum absolute atomic E-state index is 0. The Morgan fingerprint density at radius 3 is 1.41 bits per heavy atom. The lowest BCUT2D eigenvalue weighted by Gasteiger charge is -2.29. The highest BCUT2D eigenvalue weighted by Gasteiger charge is 2.15. The molecule has 0 saturated carbocycles. The lowest BCUT2D eigenvalue weighted by Crippen LogP contribution is -3.00. The number of quaternary nitrogens is 1. The Balaban J connectivity index is 0. The van der Waals surface area contributed by atoms with Crippen LogP contribution in [0.25, 0.3) is 0 Å². The molecule has 0 amide bonds. The van der Waals surface area contributed by atoms with Crippen LogP contribution in [0.5, 0.6) is 0 Å². The first-order valence-electron chi connectivity index (χ1n) is 10.9. The molecule has 0 aromatic heterocycles. The third kappa shape index (κ3) is 24.1. The second-order valence-electron chi connectivity index (χ2n) is 8.51. The SMILES string of the molecule is CCCCCCCCCCCCCCCC[N+](C)(C)CCOS(C)(=O)=O.[Cl-]. The zero-order chi connectivity index (χ0) is 19.7. The molecule has 0 rings (SSSR count). The predicted molar refractivity (Wildman–Crippen MR) is 113 cm³/mol. The molecule has 0 N–H and O–H groups in total. The van der Waals surface area contributed by atoms with Crippen molar-refractivity contribution in [3.8, 4) is 0 Å². The first-order valence-corrected chi connectivity index (χ1v) is 12.7. The van der Waals surface area contributed by atoms with Crippen molar-refractivity contribution in [2.24, 2.45) is 0 Å². The molecule has 4 nitrogen and oxygen atoms in total. The monoisotopic (exact) mass is 427 g/mol. The maximum absolute atomic E-state index is 11.0. The normalized spacial score (nSPS) is 12.1. The Morgan fingerprint density at radius 1 is 0.667 bits per heavy atom. The van der Waals surface area contributed by atoms with Crippen molar-refractivity contribution in [3.63, 3.8) is 0 Å². The van der Waals surface area contributed by atoms with Gasteiger partial charge in [0.15, 0.2) is 0 Å². The lowest BCUT2D eigenvalue weighted by atomic mass is 10.0. The highest BCUT2D eigenvalue weighted by molar-refractivity contribution is 7.85. The molecule has 0 aromatic rings. The van der Waals surface area contributed by atoms with Crippen LogP contribution in [-0.2, 0) is 14.3 Å². The number of halogens is 1. The average Bonchev–Trinajstić information content (AvgIpc) is 2.53. The largest absolute Gasteiger partial charge is 1.00 e. The molecule has 0 bridgehead atoms. The summed E-state index contributed by atoms with van der Waals surface area (Å²) in [6.07, 6.45) is 20.4. The molecule has 27 heavy (non-hydrogen) atoms. The second-order valence-corrected chi connectivity index (χ2v) is 10.1.